The van der Waals surface area contributed by atoms with Gasteiger partial charge in [-0.25, -0.2) is 14.2 Å². The number of aromatic nitrogens is 3. The van der Waals surface area contributed by atoms with Crippen LogP contribution in [0.2, 0.25) is 0 Å². The van der Waals surface area contributed by atoms with Gasteiger partial charge in [-0.15, -0.1) is 0 Å². The topological polar surface area (TPSA) is 56.9 Å². The maximum atomic E-state index is 11.4. The summed E-state index contributed by atoms with van der Waals surface area (Å²) in [4.78, 5) is 26.1. The first kappa shape index (κ1) is 7.60. The van der Waals surface area contributed by atoms with E-state index in [0.29, 0.717) is 11.7 Å². The predicted octanol–water partition coefficient (Wildman–Crippen LogP) is -0.952. The van der Waals surface area contributed by atoms with Gasteiger partial charge in [0.2, 0.25) is 0 Å². The molecule has 1 aromatic rings. The number of hydrogen-bond acceptors (Lipinski definition) is 4. The molecule has 0 aromatic carbocycles. The molecule has 2 heterocycles. The van der Waals surface area contributed by atoms with Gasteiger partial charge in [-0.3, -0.25) is 4.57 Å². The molecule has 0 saturated carbocycles. The van der Waals surface area contributed by atoms with E-state index in [0.717, 1.165) is 10.3 Å². The van der Waals surface area contributed by atoms with E-state index in [9.17, 15) is 9.59 Å². The molecule has 6 heteroatoms. The van der Waals surface area contributed by atoms with E-state index in [-0.39, 0.29) is 5.69 Å². The molecule has 1 aliphatic rings. The van der Waals surface area contributed by atoms with Gasteiger partial charge in [0.25, 0.3) is 0 Å². The minimum Gasteiger partial charge on any atom is -0.271 e. The third kappa shape index (κ3) is 0.911. The SMILES string of the molecule is Cn1c(=O)nc2n(c1=O)CCS2. The fourth-order valence-corrected chi connectivity index (χ4v) is 2.02. The molecule has 0 N–H and O–H groups in total. The van der Waals surface area contributed by atoms with E-state index in [4.69, 9.17) is 0 Å². The normalized spacial score (nSPS) is 14.8. The number of thioether (sulfide) groups is 1. The summed E-state index contributed by atoms with van der Waals surface area (Å²) in [5.41, 5.74) is -0.740. The van der Waals surface area contributed by atoms with Crippen molar-refractivity contribution in [3.63, 3.8) is 0 Å². The van der Waals surface area contributed by atoms with Gasteiger partial charge in [-0.1, -0.05) is 11.8 Å². The van der Waals surface area contributed by atoms with Gasteiger partial charge >= 0.3 is 11.4 Å². The fraction of sp³-hybridized carbons (Fsp3) is 0.500. The van der Waals surface area contributed by atoms with Gasteiger partial charge in [-0.05, 0) is 0 Å². The van der Waals surface area contributed by atoms with Crippen LogP contribution in [0, 0.1) is 0 Å². The first-order chi connectivity index (χ1) is 5.70. The molecule has 0 spiro atoms. The molecule has 0 atom stereocenters. The second-order valence-electron chi connectivity index (χ2n) is 2.52. The Morgan fingerprint density at radius 2 is 2.25 bits per heavy atom. The van der Waals surface area contributed by atoms with Crippen LogP contribution in [-0.2, 0) is 13.6 Å². The van der Waals surface area contributed by atoms with Crippen molar-refractivity contribution < 1.29 is 0 Å². The van der Waals surface area contributed by atoms with Crippen LogP contribution in [0.1, 0.15) is 0 Å². The molecule has 0 unspecified atom stereocenters. The molecule has 12 heavy (non-hydrogen) atoms. The summed E-state index contributed by atoms with van der Waals surface area (Å²) < 4.78 is 2.54. The molecular weight excluding hydrogens is 178 g/mol. The lowest BCUT2D eigenvalue weighted by Crippen LogP contribution is -2.39. The Labute approximate surface area is 72.0 Å². The third-order valence-corrected chi connectivity index (χ3v) is 2.73. The number of nitrogens with zero attached hydrogens (tertiary/aromatic N) is 3. The molecule has 0 radical (unpaired) electrons. The van der Waals surface area contributed by atoms with Gasteiger partial charge in [0.1, 0.15) is 0 Å². The van der Waals surface area contributed by atoms with Crippen LogP contribution < -0.4 is 11.4 Å². The largest absolute Gasteiger partial charge is 0.353 e. The van der Waals surface area contributed by atoms with Crippen molar-refractivity contribution in [3.8, 4) is 0 Å². The summed E-state index contributed by atoms with van der Waals surface area (Å²) >= 11 is 1.44. The first-order valence-electron chi connectivity index (χ1n) is 3.51. The molecule has 0 saturated heterocycles. The number of fused-ring (bicyclic) bond motifs is 1. The predicted molar refractivity (Wildman–Crippen MR) is 44.5 cm³/mol. The highest BCUT2D eigenvalue weighted by Crippen LogP contribution is 2.18. The zero-order chi connectivity index (χ0) is 8.72. The Bertz CT molecular complexity index is 433. The lowest BCUT2D eigenvalue weighted by molar-refractivity contribution is 0.554. The van der Waals surface area contributed by atoms with Crippen LogP contribution in [0.25, 0.3) is 0 Å². The van der Waals surface area contributed by atoms with Gasteiger partial charge in [-0.2, -0.15) is 4.98 Å². The summed E-state index contributed by atoms with van der Waals surface area (Å²) in [6, 6.07) is 0. The standard InChI is InChI=1S/C6H7N3O2S/c1-8-4(10)7-5-9(6(8)11)2-3-12-5/h2-3H2,1H3. The third-order valence-electron chi connectivity index (χ3n) is 1.77. The quantitative estimate of drug-likeness (QED) is 0.523. The van der Waals surface area contributed by atoms with Gasteiger partial charge in [0.05, 0.1) is 0 Å². The summed E-state index contributed by atoms with van der Waals surface area (Å²) in [6.07, 6.45) is 0. The first-order valence-corrected chi connectivity index (χ1v) is 4.49. The lowest BCUT2D eigenvalue weighted by atomic mass is 10.7. The molecule has 0 fully saturated rings. The maximum Gasteiger partial charge on any atom is 0.353 e. The van der Waals surface area contributed by atoms with Crippen LogP contribution in [0.5, 0.6) is 0 Å². The van der Waals surface area contributed by atoms with Crippen molar-refractivity contribution in [2.75, 3.05) is 5.75 Å². The number of hydrogen-bond donors (Lipinski definition) is 0. The smallest absolute Gasteiger partial charge is 0.271 e. The fourth-order valence-electron chi connectivity index (χ4n) is 1.09. The van der Waals surface area contributed by atoms with Crippen molar-refractivity contribution in [3.05, 3.63) is 21.0 Å². The highest BCUT2D eigenvalue weighted by atomic mass is 32.2. The van der Waals surface area contributed by atoms with Crippen LogP contribution in [0.4, 0.5) is 0 Å². The van der Waals surface area contributed by atoms with E-state index in [2.05, 4.69) is 4.98 Å². The van der Waals surface area contributed by atoms with E-state index in [1.54, 1.807) is 0 Å². The van der Waals surface area contributed by atoms with Gasteiger partial charge in [0.15, 0.2) is 5.16 Å². The molecule has 0 bridgehead atoms. The average Bonchev–Trinajstić information content (AvgIpc) is 2.48. The van der Waals surface area contributed by atoms with Crippen molar-refractivity contribution >= 4 is 11.8 Å². The Hall–Kier alpha value is -1.04. The zero-order valence-electron chi connectivity index (χ0n) is 6.48. The monoisotopic (exact) mass is 185 g/mol. The van der Waals surface area contributed by atoms with E-state index >= 15 is 0 Å². The highest BCUT2D eigenvalue weighted by Gasteiger charge is 2.16. The van der Waals surface area contributed by atoms with Crippen molar-refractivity contribution in [1.82, 2.24) is 14.1 Å². The zero-order valence-corrected chi connectivity index (χ0v) is 7.30. The second-order valence-corrected chi connectivity index (χ2v) is 3.58. The minimum atomic E-state index is -0.472. The van der Waals surface area contributed by atoms with Gasteiger partial charge < -0.3 is 0 Å². The molecular formula is C6H7N3O2S. The van der Waals surface area contributed by atoms with Crippen LogP contribution in [0.3, 0.4) is 0 Å². The second kappa shape index (κ2) is 2.48. The summed E-state index contributed by atoms with van der Waals surface area (Å²) in [5.74, 6) is 0.825. The Morgan fingerprint density at radius 1 is 1.50 bits per heavy atom. The molecule has 1 aromatic heterocycles. The van der Waals surface area contributed by atoms with Crippen LogP contribution in [-0.4, -0.2) is 19.9 Å². The molecule has 64 valence electrons. The Kier molecular flexibility index (Phi) is 1.57. The molecule has 2 rings (SSSR count). The maximum absolute atomic E-state index is 11.4. The Balaban J connectivity index is 2.85. The summed E-state index contributed by atoms with van der Waals surface area (Å²) in [5, 5.41) is 0.545. The Morgan fingerprint density at radius 3 is 3.00 bits per heavy atom. The van der Waals surface area contributed by atoms with Crippen molar-refractivity contribution in [1.29, 1.82) is 0 Å². The molecule has 1 aliphatic heterocycles. The van der Waals surface area contributed by atoms with E-state index in [1.165, 1.54) is 23.4 Å². The van der Waals surface area contributed by atoms with Crippen LogP contribution >= 0.6 is 11.8 Å². The van der Waals surface area contributed by atoms with E-state index in [1.807, 2.05) is 0 Å². The molecule has 0 amide bonds. The average molecular weight is 185 g/mol. The highest BCUT2D eigenvalue weighted by molar-refractivity contribution is 7.99. The summed E-state index contributed by atoms with van der Waals surface area (Å²) in [7, 11) is 1.44. The molecule has 5 nitrogen and oxygen atoms in total. The van der Waals surface area contributed by atoms with Crippen LogP contribution in [0.15, 0.2) is 14.7 Å². The van der Waals surface area contributed by atoms with E-state index < -0.39 is 5.69 Å². The van der Waals surface area contributed by atoms with Gasteiger partial charge in [0, 0.05) is 19.3 Å². The number of rotatable bonds is 0. The lowest BCUT2D eigenvalue weighted by Gasteiger charge is -2.00. The molecule has 0 aliphatic carbocycles. The van der Waals surface area contributed by atoms with Crippen molar-refractivity contribution in [2.45, 2.75) is 11.7 Å². The van der Waals surface area contributed by atoms with Crippen molar-refractivity contribution in [2.24, 2.45) is 7.05 Å². The minimum absolute atomic E-state index is 0.269. The summed E-state index contributed by atoms with van der Waals surface area (Å²) in [6.45, 7) is 0.653.